The van der Waals surface area contributed by atoms with Gasteiger partial charge in [-0.25, -0.2) is 8.42 Å². The Hall–Kier alpha value is -0.830. The van der Waals surface area contributed by atoms with E-state index in [-0.39, 0.29) is 0 Å². The van der Waals surface area contributed by atoms with Crippen LogP contribution in [0.25, 0.3) is 0 Å². The quantitative estimate of drug-likeness (QED) is 0.777. The molecular formula is C12H18O2S. The molecule has 0 aliphatic rings. The lowest BCUT2D eigenvalue weighted by molar-refractivity contribution is 0.549. The van der Waals surface area contributed by atoms with Crippen molar-refractivity contribution < 1.29 is 8.42 Å². The first-order valence-electron chi connectivity index (χ1n) is 5.05. The highest BCUT2D eigenvalue weighted by Gasteiger charge is 2.34. The van der Waals surface area contributed by atoms with Gasteiger partial charge in [0, 0.05) is 0 Å². The van der Waals surface area contributed by atoms with Gasteiger partial charge < -0.3 is 0 Å². The molecule has 15 heavy (non-hydrogen) atoms. The highest BCUT2D eigenvalue weighted by molar-refractivity contribution is 7.92. The Bertz CT molecular complexity index is 413. The molecule has 2 nitrogen and oxygen atoms in total. The molecule has 0 bridgehead atoms. The van der Waals surface area contributed by atoms with E-state index < -0.39 is 19.8 Å². The van der Waals surface area contributed by atoms with Gasteiger partial charge in [0.1, 0.15) is 0 Å². The molecule has 0 spiro atoms. The summed E-state index contributed by atoms with van der Waals surface area (Å²) in [4.78, 5) is 0. The van der Waals surface area contributed by atoms with Crippen LogP contribution in [0.1, 0.15) is 38.5 Å². The Kier molecular flexibility index (Phi) is 3.24. The second-order valence-corrected chi connectivity index (χ2v) is 7.73. The van der Waals surface area contributed by atoms with Crippen molar-refractivity contribution in [1.82, 2.24) is 0 Å². The Morgan fingerprint density at radius 2 is 1.53 bits per heavy atom. The van der Waals surface area contributed by atoms with Gasteiger partial charge >= 0.3 is 0 Å². The van der Waals surface area contributed by atoms with Crippen molar-refractivity contribution in [2.24, 2.45) is 0 Å². The van der Waals surface area contributed by atoms with Gasteiger partial charge in [-0.1, -0.05) is 30.3 Å². The summed E-state index contributed by atoms with van der Waals surface area (Å²) in [7, 11) is -3.13. The monoisotopic (exact) mass is 226 g/mol. The molecule has 1 unspecified atom stereocenters. The molecule has 0 heterocycles. The zero-order valence-electron chi connectivity index (χ0n) is 9.69. The van der Waals surface area contributed by atoms with E-state index in [0.717, 1.165) is 5.56 Å². The van der Waals surface area contributed by atoms with Gasteiger partial charge in [-0.05, 0) is 33.3 Å². The van der Waals surface area contributed by atoms with Crippen molar-refractivity contribution in [2.75, 3.05) is 0 Å². The van der Waals surface area contributed by atoms with Crippen molar-refractivity contribution >= 4 is 9.84 Å². The predicted molar refractivity (Wildman–Crippen MR) is 63.5 cm³/mol. The zero-order chi connectivity index (χ0) is 11.7. The molecule has 0 fully saturated rings. The average Bonchev–Trinajstić information content (AvgIpc) is 2.16. The average molecular weight is 226 g/mol. The van der Waals surface area contributed by atoms with Crippen molar-refractivity contribution in [1.29, 1.82) is 0 Å². The first-order valence-corrected chi connectivity index (χ1v) is 6.60. The Balaban J connectivity index is 3.12. The summed E-state index contributed by atoms with van der Waals surface area (Å²) >= 11 is 0. The fourth-order valence-electron chi connectivity index (χ4n) is 1.43. The maximum Gasteiger partial charge on any atom is 0.161 e. The van der Waals surface area contributed by atoms with Crippen LogP contribution < -0.4 is 0 Å². The molecule has 0 N–H and O–H groups in total. The summed E-state index contributed by atoms with van der Waals surface area (Å²) in [6.45, 7) is 6.96. The van der Waals surface area contributed by atoms with Crippen molar-refractivity contribution in [3.05, 3.63) is 35.9 Å². The summed E-state index contributed by atoms with van der Waals surface area (Å²) in [5.41, 5.74) is 0.854. The van der Waals surface area contributed by atoms with Gasteiger partial charge in [-0.3, -0.25) is 0 Å². The van der Waals surface area contributed by atoms with E-state index in [2.05, 4.69) is 0 Å². The SMILES string of the molecule is CC(c1ccccc1)S(=O)(=O)C(C)(C)C. The van der Waals surface area contributed by atoms with Gasteiger partial charge in [0.25, 0.3) is 0 Å². The molecule has 0 saturated heterocycles. The van der Waals surface area contributed by atoms with E-state index in [1.165, 1.54) is 0 Å². The van der Waals surface area contributed by atoms with Gasteiger partial charge in [0.2, 0.25) is 0 Å². The molecule has 3 heteroatoms. The minimum atomic E-state index is -3.13. The fourth-order valence-corrected chi connectivity index (χ4v) is 3.01. The fraction of sp³-hybridized carbons (Fsp3) is 0.500. The molecule has 1 aromatic rings. The first-order chi connectivity index (χ1) is 6.77. The summed E-state index contributed by atoms with van der Waals surface area (Å²) in [5, 5.41) is -0.446. The second kappa shape index (κ2) is 3.97. The molecule has 84 valence electrons. The highest BCUT2D eigenvalue weighted by Crippen LogP contribution is 2.30. The number of benzene rings is 1. The van der Waals surface area contributed by atoms with Crippen LogP contribution in [0, 0.1) is 0 Å². The molecule has 1 rings (SSSR count). The third kappa shape index (κ3) is 2.40. The van der Waals surface area contributed by atoms with Crippen LogP contribution in [-0.2, 0) is 9.84 Å². The summed E-state index contributed by atoms with van der Waals surface area (Å²) in [6.07, 6.45) is 0. The van der Waals surface area contributed by atoms with E-state index >= 15 is 0 Å². The van der Waals surface area contributed by atoms with Crippen LogP contribution in [0.3, 0.4) is 0 Å². The standard InChI is InChI=1S/C12H18O2S/c1-10(11-8-6-5-7-9-11)15(13,14)12(2,3)4/h5-10H,1-4H3. The Labute approximate surface area is 92.2 Å². The largest absolute Gasteiger partial charge is 0.228 e. The summed E-state index contributed by atoms with van der Waals surface area (Å²) < 4.78 is 23.6. The third-order valence-electron chi connectivity index (χ3n) is 2.59. The smallest absolute Gasteiger partial charge is 0.161 e. The maximum atomic E-state index is 12.2. The zero-order valence-corrected chi connectivity index (χ0v) is 10.5. The van der Waals surface area contributed by atoms with Crippen molar-refractivity contribution in [3.63, 3.8) is 0 Å². The van der Waals surface area contributed by atoms with E-state index in [1.807, 2.05) is 30.3 Å². The van der Waals surface area contributed by atoms with Crippen LogP contribution in [-0.4, -0.2) is 13.2 Å². The minimum absolute atomic E-state index is 0.446. The number of rotatable bonds is 2. The lowest BCUT2D eigenvalue weighted by Gasteiger charge is -2.24. The molecule has 0 aromatic heterocycles. The third-order valence-corrected chi connectivity index (χ3v) is 5.50. The van der Waals surface area contributed by atoms with Gasteiger partial charge in [-0.2, -0.15) is 0 Å². The van der Waals surface area contributed by atoms with Gasteiger partial charge in [-0.15, -0.1) is 0 Å². The molecule has 0 amide bonds. The van der Waals surface area contributed by atoms with Crippen molar-refractivity contribution in [2.45, 2.75) is 37.7 Å². The molecule has 1 atom stereocenters. The molecular weight excluding hydrogens is 208 g/mol. The highest BCUT2D eigenvalue weighted by atomic mass is 32.2. The molecule has 0 saturated carbocycles. The van der Waals surface area contributed by atoms with Crippen LogP contribution in [0.4, 0.5) is 0 Å². The lowest BCUT2D eigenvalue weighted by atomic mass is 10.2. The normalized spacial score (nSPS) is 14.9. The molecule has 0 aliphatic carbocycles. The predicted octanol–water partition coefficient (Wildman–Crippen LogP) is 2.96. The van der Waals surface area contributed by atoms with E-state index in [1.54, 1.807) is 27.7 Å². The topological polar surface area (TPSA) is 34.1 Å². The summed E-state index contributed by atoms with van der Waals surface area (Å²) in [6, 6.07) is 9.33. The molecule has 0 aliphatic heterocycles. The van der Waals surface area contributed by atoms with Crippen LogP contribution in [0.15, 0.2) is 30.3 Å². The number of hydrogen-bond donors (Lipinski definition) is 0. The van der Waals surface area contributed by atoms with Gasteiger partial charge in [0.15, 0.2) is 9.84 Å². The lowest BCUT2D eigenvalue weighted by Crippen LogP contribution is -2.31. The van der Waals surface area contributed by atoms with Crippen LogP contribution in [0.5, 0.6) is 0 Å². The van der Waals surface area contributed by atoms with E-state index in [0.29, 0.717) is 0 Å². The van der Waals surface area contributed by atoms with Crippen LogP contribution in [0.2, 0.25) is 0 Å². The molecule has 0 radical (unpaired) electrons. The maximum absolute atomic E-state index is 12.2. The Morgan fingerprint density at radius 3 is 1.93 bits per heavy atom. The number of hydrogen-bond acceptors (Lipinski definition) is 2. The number of sulfone groups is 1. The minimum Gasteiger partial charge on any atom is -0.228 e. The summed E-state index contributed by atoms with van der Waals surface area (Å²) in [5.74, 6) is 0. The first kappa shape index (κ1) is 12.2. The van der Waals surface area contributed by atoms with Crippen LogP contribution >= 0.6 is 0 Å². The van der Waals surface area contributed by atoms with Crippen molar-refractivity contribution in [3.8, 4) is 0 Å². The second-order valence-electron chi connectivity index (χ2n) is 4.71. The van der Waals surface area contributed by atoms with Gasteiger partial charge in [0.05, 0.1) is 10.00 Å². The molecule has 1 aromatic carbocycles. The van der Waals surface area contributed by atoms with E-state index in [4.69, 9.17) is 0 Å². The van der Waals surface area contributed by atoms with E-state index in [9.17, 15) is 8.42 Å². The Morgan fingerprint density at radius 1 is 1.07 bits per heavy atom.